The van der Waals surface area contributed by atoms with Crippen LogP contribution in [0.1, 0.15) is 17.1 Å². The van der Waals surface area contributed by atoms with Crippen molar-refractivity contribution in [1.29, 1.82) is 0 Å². The highest BCUT2D eigenvalue weighted by molar-refractivity contribution is 7.13. The number of amides is 1. The second-order valence-corrected chi connectivity index (χ2v) is 7.69. The number of aromatic nitrogens is 5. The Hall–Kier alpha value is -3.14. The lowest BCUT2D eigenvalue weighted by molar-refractivity contribution is -0.130. The summed E-state index contributed by atoms with van der Waals surface area (Å²) in [4.78, 5) is 38.4. The number of anilines is 3. The van der Waals surface area contributed by atoms with E-state index in [1.807, 2.05) is 30.2 Å². The summed E-state index contributed by atoms with van der Waals surface area (Å²) < 4.78 is 0. The number of nitrogens with zero attached hydrogens (tertiary/aromatic N) is 7. The van der Waals surface area contributed by atoms with E-state index in [1.165, 1.54) is 11.3 Å². The van der Waals surface area contributed by atoms with Gasteiger partial charge in [0.2, 0.25) is 17.8 Å². The number of aryl methyl sites for hydroxylation is 2. The summed E-state index contributed by atoms with van der Waals surface area (Å²) in [7, 11) is 0. The summed E-state index contributed by atoms with van der Waals surface area (Å²) in [5, 5.41) is 5.71. The number of carbonyl (C=O) groups is 1. The zero-order chi connectivity index (χ0) is 20.2. The normalized spacial score (nSPS) is 14.1. The average Bonchev–Trinajstić information content (AvgIpc) is 3.14. The van der Waals surface area contributed by atoms with Crippen LogP contribution in [0.4, 0.5) is 17.0 Å². The molecule has 0 atom stereocenters. The maximum Gasteiger partial charge on any atom is 0.229 e. The molecule has 1 amide bonds. The summed E-state index contributed by atoms with van der Waals surface area (Å²) in [5.74, 6) is 1.32. The molecule has 150 valence electrons. The Labute approximate surface area is 172 Å². The van der Waals surface area contributed by atoms with E-state index in [9.17, 15) is 4.79 Å². The molecule has 9 nitrogen and oxygen atoms in total. The molecule has 0 spiro atoms. The fourth-order valence-corrected chi connectivity index (χ4v) is 3.90. The molecule has 1 N–H and O–H groups in total. The summed E-state index contributed by atoms with van der Waals surface area (Å²) >= 11 is 1.44. The maximum absolute atomic E-state index is 12.7. The Balaban J connectivity index is 1.31. The van der Waals surface area contributed by atoms with E-state index in [0.29, 0.717) is 30.1 Å². The quantitative estimate of drug-likeness (QED) is 0.681. The third-order valence-corrected chi connectivity index (χ3v) is 5.36. The van der Waals surface area contributed by atoms with Crippen LogP contribution in [0.5, 0.6) is 0 Å². The third-order valence-electron chi connectivity index (χ3n) is 4.55. The van der Waals surface area contributed by atoms with E-state index >= 15 is 0 Å². The van der Waals surface area contributed by atoms with Crippen LogP contribution in [0, 0.1) is 13.8 Å². The summed E-state index contributed by atoms with van der Waals surface area (Å²) in [5.41, 5.74) is 2.54. The molecule has 0 saturated carbocycles. The highest BCUT2D eigenvalue weighted by Gasteiger charge is 2.23. The van der Waals surface area contributed by atoms with Crippen LogP contribution in [0.15, 0.2) is 29.9 Å². The molecule has 4 heterocycles. The number of carbonyl (C=O) groups excluding carboxylic acids is 1. The summed E-state index contributed by atoms with van der Waals surface area (Å²) in [6.07, 6.45) is 3.75. The van der Waals surface area contributed by atoms with Gasteiger partial charge in [0, 0.05) is 55.3 Å². The van der Waals surface area contributed by atoms with Crippen molar-refractivity contribution in [2.24, 2.45) is 0 Å². The van der Waals surface area contributed by atoms with Gasteiger partial charge in [-0.1, -0.05) is 0 Å². The molecule has 0 aliphatic carbocycles. The molecule has 1 aliphatic rings. The molecule has 0 bridgehead atoms. The van der Waals surface area contributed by atoms with Crippen molar-refractivity contribution in [3.63, 3.8) is 0 Å². The van der Waals surface area contributed by atoms with Gasteiger partial charge in [0.05, 0.1) is 12.1 Å². The highest BCUT2D eigenvalue weighted by atomic mass is 32.1. The van der Waals surface area contributed by atoms with Crippen LogP contribution in [-0.4, -0.2) is 61.9 Å². The first-order valence-corrected chi connectivity index (χ1v) is 10.3. The molecule has 0 radical (unpaired) electrons. The molecule has 4 rings (SSSR count). The van der Waals surface area contributed by atoms with Gasteiger partial charge >= 0.3 is 0 Å². The highest BCUT2D eigenvalue weighted by Crippen LogP contribution is 2.20. The molecular weight excluding hydrogens is 388 g/mol. The monoisotopic (exact) mass is 410 g/mol. The molecule has 1 aliphatic heterocycles. The largest absolute Gasteiger partial charge is 0.339 e. The fraction of sp³-hybridized carbons (Fsp3) is 0.368. The van der Waals surface area contributed by atoms with E-state index < -0.39 is 0 Å². The molecule has 1 fully saturated rings. The van der Waals surface area contributed by atoms with Crippen molar-refractivity contribution >= 4 is 34.3 Å². The topological polar surface area (TPSA) is 100 Å². The van der Waals surface area contributed by atoms with Crippen LogP contribution in [0.25, 0.3) is 0 Å². The standard InChI is InChI=1S/C19H22N8OS/c1-13-10-14(2)23-17(22-13)25-19-24-15(12-29-19)11-16(28)26-6-8-27(9-7-26)18-20-4-3-5-21-18/h3-5,10,12H,6-9,11H2,1-2H3,(H,22,23,24,25). The lowest BCUT2D eigenvalue weighted by atomic mass is 10.2. The second-order valence-electron chi connectivity index (χ2n) is 6.84. The first-order chi connectivity index (χ1) is 14.1. The van der Waals surface area contributed by atoms with Crippen molar-refractivity contribution in [3.8, 4) is 0 Å². The van der Waals surface area contributed by atoms with Gasteiger partial charge in [-0.15, -0.1) is 11.3 Å². The van der Waals surface area contributed by atoms with Crippen molar-refractivity contribution < 1.29 is 4.79 Å². The van der Waals surface area contributed by atoms with Gasteiger partial charge in [0.1, 0.15) is 0 Å². The van der Waals surface area contributed by atoms with Crippen molar-refractivity contribution in [2.45, 2.75) is 20.3 Å². The van der Waals surface area contributed by atoms with Gasteiger partial charge in [0.25, 0.3) is 0 Å². The molecule has 3 aromatic heterocycles. The van der Waals surface area contributed by atoms with Gasteiger partial charge < -0.3 is 15.1 Å². The first kappa shape index (κ1) is 19.2. The number of thiazole rings is 1. The van der Waals surface area contributed by atoms with Gasteiger partial charge in [-0.05, 0) is 26.0 Å². The predicted octanol–water partition coefficient (Wildman–Crippen LogP) is 1.97. The first-order valence-electron chi connectivity index (χ1n) is 9.40. The van der Waals surface area contributed by atoms with E-state index in [0.717, 1.165) is 30.2 Å². The number of hydrogen-bond donors (Lipinski definition) is 1. The SMILES string of the molecule is Cc1cc(C)nc(Nc2nc(CC(=O)N3CCN(c4ncccn4)CC3)cs2)n1. The third kappa shape index (κ3) is 4.83. The average molecular weight is 411 g/mol. The Morgan fingerprint density at radius 1 is 1.07 bits per heavy atom. The van der Waals surface area contributed by atoms with Gasteiger partial charge in [0.15, 0.2) is 5.13 Å². The lowest BCUT2D eigenvalue weighted by Gasteiger charge is -2.34. The second kappa shape index (κ2) is 8.48. The Morgan fingerprint density at radius 2 is 1.76 bits per heavy atom. The number of rotatable bonds is 5. The molecule has 0 unspecified atom stereocenters. The molecule has 1 saturated heterocycles. The van der Waals surface area contributed by atoms with E-state index in [1.54, 1.807) is 18.5 Å². The maximum atomic E-state index is 12.7. The van der Waals surface area contributed by atoms with Crippen LogP contribution in [-0.2, 0) is 11.2 Å². The summed E-state index contributed by atoms with van der Waals surface area (Å²) in [6, 6.07) is 3.72. The zero-order valence-corrected chi connectivity index (χ0v) is 17.2. The number of piperazine rings is 1. The minimum atomic E-state index is 0.0816. The molecular formula is C19H22N8OS. The zero-order valence-electron chi connectivity index (χ0n) is 16.4. The van der Waals surface area contributed by atoms with Gasteiger partial charge in [-0.2, -0.15) is 0 Å². The molecule has 0 aromatic carbocycles. The van der Waals surface area contributed by atoms with Crippen LogP contribution in [0.3, 0.4) is 0 Å². The summed E-state index contributed by atoms with van der Waals surface area (Å²) in [6.45, 7) is 6.61. The fourth-order valence-electron chi connectivity index (χ4n) is 3.20. The minimum Gasteiger partial charge on any atom is -0.339 e. The van der Waals surface area contributed by atoms with E-state index in [2.05, 4.69) is 35.1 Å². The minimum absolute atomic E-state index is 0.0816. The van der Waals surface area contributed by atoms with Crippen molar-refractivity contribution in [2.75, 3.05) is 36.4 Å². The molecule has 29 heavy (non-hydrogen) atoms. The number of nitrogens with one attached hydrogen (secondary N) is 1. The van der Waals surface area contributed by atoms with Crippen LogP contribution in [0.2, 0.25) is 0 Å². The van der Waals surface area contributed by atoms with E-state index in [4.69, 9.17) is 0 Å². The van der Waals surface area contributed by atoms with Crippen molar-refractivity contribution in [1.82, 2.24) is 29.8 Å². The number of hydrogen-bond acceptors (Lipinski definition) is 9. The van der Waals surface area contributed by atoms with Crippen molar-refractivity contribution in [3.05, 3.63) is 47.0 Å². The lowest BCUT2D eigenvalue weighted by Crippen LogP contribution is -2.49. The molecule has 3 aromatic rings. The predicted molar refractivity (Wildman–Crippen MR) is 111 cm³/mol. The Morgan fingerprint density at radius 3 is 2.45 bits per heavy atom. The smallest absolute Gasteiger partial charge is 0.229 e. The van der Waals surface area contributed by atoms with E-state index in [-0.39, 0.29) is 12.3 Å². The van der Waals surface area contributed by atoms with Gasteiger partial charge in [-0.3, -0.25) is 4.79 Å². The van der Waals surface area contributed by atoms with Crippen LogP contribution >= 0.6 is 11.3 Å². The van der Waals surface area contributed by atoms with Gasteiger partial charge in [-0.25, -0.2) is 24.9 Å². The Kier molecular flexibility index (Phi) is 5.61. The molecule has 10 heteroatoms. The van der Waals surface area contributed by atoms with Crippen LogP contribution < -0.4 is 10.2 Å². The Bertz CT molecular complexity index is 965.